The number of hydrogen-bond acceptors (Lipinski definition) is 1. The van der Waals surface area contributed by atoms with E-state index in [1.807, 2.05) is 11.8 Å². The van der Waals surface area contributed by atoms with Crippen LogP contribution in [0, 0.1) is 0 Å². The fourth-order valence-electron chi connectivity index (χ4n) is 0.989. The molecule has 0 radical (unpaired) electrons. The van der Waals surface area contributed by atoms with Gasteiger partial charge in [-0.1, -0.05) is 42.3 Å². The molecule has 0 aliphatic heterocycles. The minimum atomic E-state index is 0.341. The molecule has 1 unspecified atom stereocenters. The molecule has 0 rings (SSSR count). The first kappa shape index (κ1) is 12.6. The van der Waals surface area contributed by atoms with Gasteiger partial charge in [-0.2, -0.15) is 0 Å². The van der Waals surface area contributed by atoms with Crippen LogP contribution in [0.15, 0.2) is 10.1 Å². The maximum absolute atomic E-state index is 3.62. The zero-order valence-corrected chi connectivity index (χ0v) is 11.3. The predicted octanol–water partition coefficient (Wildman–Crippen LogP) is 4.60. The van der Waals surface area contributed by atoms with E-state index in [1.165, 1.54) is 10.1 Å². The zero-order chi connectivity index (χ0) is 9.94. The van der Waals surface area contributed by atoms with E-state index in [2.05, 4.69) is 57.5 Å². The highest BCUT2D eigenvalue weighted by Crippen LogP contribution is 2.34. The molecule has 0 fully saturated rings. The molecule has 1 atom stereocenters. The highest BCUT2D eigenvalue weighted by Gasteiger charge is 2.17. The molecule has 0 aliphatic carbocycles. The van der Waals surface area contributed by atoms with Gasteiger partial charge in [0.05, 0.1) is 0 Å². The molecule has 0 aliphatic rings. The zero-order valence-electron chi connectivity index (χ0n) is 8.86. The van der Waals surface area contributed by atoms with Gasteiger partial charge in [0.1, 0.15) is 0 Å². The van der Waals surface area contributed by atoms with Crippen LogP contribution in [0.4, 0.5) is 0 Å². The summed E-state index contributed by atoms with van der Waals surface area (Å²) in [7, 11) is 0. The summed E-state index contributed by atoms with van der Waals surface area (Å²) in [5.41, 5.74) is 1.37. The first-order valence-electron chi connectivity index (χ1n) is 4.24. The smallest absolute Gasteiger partial charge is 0.0339 e. The maximum atomic E-state index is 3.62. The van der Waals surface area contributed by atoms with Crippen LogP contribution in [-0.4, -0.2) is 10.00 Å². The van der Waals surface area contributed by atoms with Gasteiger partial charge in [0.2, 0.25) is 0 Å². The topological polar surface area (TPSA) is 0 Å². The molecule has 0 N–H and O–H groups in total. The fraction of sp³-hybridized carbons (Fsp3) is 0.800. The molecule has 0 spiro atoms. The normalized spacial score (nSPS) is 14.2. The Morgan fingerprint density at radius 2 is 1.67 bits per heavy atom. The van der Waals surface area contributed by atoms with Gasteiger partial charge in [-0.25, -0.2) is 0 Å². The second-order valence-corrected chi connectivity index (χ2v) is 7.24. The molecular weight excluding hydrogens is 232 g/mol. The lowest BCUT2D eigenvalue weighted by atomic mass is 10.2. The van der Waals surface area contributed by atoms with Crippen molar-refractivity contribution in [2.75, 3.05) is 0 Å². The quantitative estimate of drug-likeness (QED) is 0.691. The lowest BCUT2D eigenvalue weighted by Gasteiger charge is -2.23. The molecule has 0 saturated carbocycles. The van der Waals surface area contributed by atoms with Crippen molar-refractivity contribution in [3.8, 4) is 0 Å². The number of halogens is 1. The number of thioether (sulfide) groups is 1. The van der Waals surface area contributed by atoms with Gasteiger partial charge < -0.3 is 0 Å². The largest absolute Gasteiger partial charge is 0.148 e. The summed E-state index contributed by atoms with van der Waals surface area (Å²) < 4.78 is 1.68. The summed E-state index contributed by atoms with van der Waals surface area (Å²) in [4.78, 5) is 0. The van der Waals surface area contributed by atoms with Crippen LogP contribution in [0.3, 0.4) is 0 Å². The summed E-state index contributed by atoms with van der Waals surface area (Å²) in [6, 6.07) is 0. The second-order valence-electron chi connectivity index (χ2n) is 4.22. The van der Waals surface area contributed by atoms with Gasteiger partial charge in [-0.15, -0.1) is 11.8 Å². The van der Waals surface area contributed by atoms with E-state index in [4.69, 9.17) is 0 Å². The second kappa shape index (κ2) is 4.71. The van der Waals surface area contributed by atoms with E-state index in [-0.39, 0.29) is 0 Å². The van der Waals surface area contributed by atoms with Crippen LogP contribution in [0.2, 0.25) is 0 Å². The molecule has 0 nitrogen and oxygen atoms in total. The van der Waals surface area contributed by atoms with E-state index >= 15 is 0 Å². The van der Waals surface area contributed by atoms with Crippen LogP contribution in [-0.2, 0) is 0 Å². The van der Waals surface area contributed by atoms with Crippen LogP contribution in [0.25, 0.3) is 0 Å². The SMILES string of the molecule is CC(C)=C(Br)C(C)SC(C)(C)C. The summed E-state index contributed by atoms with van der Waals surface area (Å²) in [5.74, 6) is 0. The first-order chi connectivity index (χ1) is 5.24. The van der Waals surface area contributed by atoms with Crippen LogP contribution in [0.5, 0.6) is 0 Å². The molecular formula is C10H19BrS. The Kier molecular flexibility index (Phi) is 4.93. The Hall–Kier alpha value is 0.570. The Morgan fingerprint density at radius 3 is 1.92 bits per heavy atom. The van der Waals surface area contributed by atoms with Crippen molar-refractivity contribution in [3.63, 3.8) is 0 Å². The van der Waals surface area contributed by atoms with Crippen molar-refractivity contribution in [2.24, 2.45) is 0 Å². The Balaban J connectivity index is 4.24. The third-order valence-electron chi connectivity index (χ3n) is 1.36. The molecule has 2 heteroatoms. The van der Waals surface area contributed by atoms with Crippen LogP contribution < -0.4 is 0 Å². The van der Waals surface area contributed by atoms with E-state index in [9.17, 15) is 0 Å². The van der Waals surface area contributed by atoms with Crippen LogP contribution in [0.1, 0.15) is 41.5 Å². The van der Waals surface area contributed by atoms with Gasteiger partial charge in [0.15, 0.2) is 0 Å². The van der Waals surface area contributed by atoms with Crippen LogP contribution >= 0.6 is 27.7 Å². The van der Waals surface area contributed by atoms with Gasteiger partial charge >= 0.3 is 0 Å². The molecule has 0 bridgehead atoms. The molecule has 0 aromatic carbocycles. The van der Waals surface area contributed by atoms with Crippen molar-refractivity contribution in [3.05, 3.63) is 10.1 Å². The van der Waals surface area contributed by atoms with E-state index < -0.39 is 0 Å². The van der Waals surface area contributed by atoms with Crippen molar-refractivity contribution in [1.29, 1.82) is 0 Å². The monoisotopic (exact) mass is 250 g/mol. The number of rotatable bonds is 2. The third-order valence-corrected chi connectivity index (χ3v) is 4.44. The lowest BCUT2D eigenvalue weighted by molar-refractivity contribution is 0.798. The molecule has 12 heavy (non-hydrogen) atoms. The standard InChI is InChI=1S/C10H19BrS/c1-7(2)9(11)8(3)12-10(4,5)6/h8H,1-6H3. The summed E-state index contributed by atoms with van der Waals surface area (Å²) in [6.07, 6.45) is 0. The van der Waals surface area contributed by atoms with Gasteiger partial charge in [0.25, 0.3) is 0 Å². The van der Waals surface area contributed by atoms with E-state index in [0.29, 0.717) is 10.00 Å². The predicted molar refractivity (Wildman–Crippen MR) is 64.1 cm³/mol. The molecule has 72 valence electrons. The molecule has 0 aromatic heterocycles. The van der Waals surface area contributed by atoms with Gasteiger partial charge in [-0.05, 0) is 20.8 Å². The Labute approximate surface area is 89.3 Å². The molecule has 0 saturated heterocycles. The van der Waals surface area contributed by atoms with Gasteiger partial charge in [0, 0.05) is 14.5 Å². The highest BCUT2D eigenvalue weighted by atomic mass is 79.9. The van der Waals surface area contributed by atoms with Crippen molar-refractivity contribution in [2.45, 2.75) is 51.5 Å². The van der Waals surface area contributed by atoms with Crippen molar-refractivity contribution < 1.29 is 0 Å². The maximum Gasteiger partial charge on any atom is 0.0339 e. The molecule has 0 amide bonds. The summed E-state index contributed by atoms with van der Waals surface area (Å²) >= 11 is 5.61. The number of allylic oxidation sites excluding steroid dienone is 1. The molecule has 0 heterocycles. The van der Waals surface area contributed by atoms with E-state index in [1.54, 1.807) is 0 Å². The van der Waals surface area contributed by atoms with E-state index in [0.717, 1.165) is 0 Å². The Morgan fingerprint density at radius 1 is 1.25 bits per heavy atom. The fourth-order valence-corrected chi connectivity index (χ4v) is 2.67. The minimum absolute atomic E-state index is 0.341. The molecule has 0 aromatic rings. The average Bonchev–Trinajstić information content (AvgIpc) is 1.82. The first-order valence-corrected chi connectivity index (χ1v) is 5.92. The average molecular weight is 251 g/mol. The summed E-state index contributed by atoms with van der Waals surface area (Å²) in [6.45, 7) is 13.3. The third kappa shape index (κ3) is 5.26. The lowest BCUT2D eigenvalue weighted by Crippen LogP contribution is -2.13. The summed E-state index contributed by atoms with van der Waals surface area (Å²) in [5, 5.41) is 0.565. The number of hydrogen-bond donors (Lipinski definition) is 0. The van der Waals surface area contributed by atoms with Gasteiger partial charge in [-0.3, -0.25) is 0 Å². The van der Waals surface area contributed by atoms with Crippen molar-refractivity contribution >= 4 is 27.7 Å². The minimum Gasteiger partial charge on any atom is -0.148 e. The highest BCUT2D eigenvalue weighted by molar-refractivity contribution is 9.12. The Bertz CT molecular complexity index is 173. The van der Waals surface area contributed by atoms with Crippen molar-refractivity contribution in [1.82, 2.24) is 0 Å².